The Balaban J connectivity index is 0.00000312. The van der Waals surface area contributed by atoms with Crippen molar-refractivity contribution in [2.45, 2.75) is 32.6 Å². The highest BCUT2D eigenvalue weighted by molar-refractivity contribution is 5.96. The van der Waals surface area contributed by atoms with E-state index in [1.54, 1.807) is 7.11 Å². The van der Waals surface area contributed by atoms with Gasteiger partial charge in [-0.3, -0.25) is 20.0 Å². The molecule has 0 radical (unpaired) electrons. The third kappa shape index (κ3) is 5.13. The number of halogens is 1. The van der Waals surface area contributed by atoms with Crippen molar-refractivity contribution in [1.29, 1.82) is 0 Å². The van der Waals surface area contributed by atoms with Crippen LogP contribution in [0.2, 0.25) is 0 Å². The van der Waals surface area contributed by atoms with Crippen LogP contribution in [-0.2, 0) is 11.2 Å². The molecule has 0 aliphatic carbocycles. The van der Waals surface area contributed by atoms with Crippen LogP contribution in [0.1, 0.15) is 42.4 Å². The number of H-pyrrole nitrogens is 1. The largest absolute Gasteiger partial charge is 0.384 e. The lowest BCUT2D eigenvalue weighted by Crippen LogP contribution is -2.47. The summed E-state index contributed by atoms with van der Waals surface area (Å²) in [5.41, 5.74) is -0.126. The maximum Gasteiger partial charge on any atom is 0.322 e. The average molecular weight is 376 g/mol. The Morgan fingerprint density at radius 3 is 2.68 bits per heavy atom. The van der Waals surface area contributed by atoms with Crippen molar-refractivity contribution in [2.24, 2.45) is 5.41 Å². The quantitative estimate of drug-likeness (QED) is 0.466. The summed E-state index contributed by atoms with van der Waals surface area (Å²) in [6, 6.07) is 0. The minimum atomic E-state index is -0.543. The molecule has 0 aromatic carbocycles. The second-order valence-electron chi connectivity index (χ2n) is 6.27. The molecule has 0 spiro atoms. The van der Waals surface area contributed by atoms with Crippen LogP contribution in [-0.4, -0.2) is 54.4 Å². The topological polar surface area (TPSA) is 122 Å². The third-order valence-electron chi connectivity index (χ3n) is 4.45. The molecular formula is C15H26ClN5O4. The van der Waals surface area contributed by atoms with E-state index in [9.17, 15) is 14.9 Å². The molecule has 0 bridgehead atoms. The van der Waals surface area contributed by atoms with Gasteiger partial charge in [0.25, 0.3) is 5.91 Å². The summed E-state index contributed by atoms with van der Waals surface area (Å²) in [5, 5.41) is 23.9. The number of piperidine rings is 1. The molecule has 1 amide bonds. The molecule has 9 nitrogen and oxygen atoms in total. The predicted octanol–water partition coefficient (Wildman–Crippen LogP) is 1.44. The van der Waals surface area contributed by atoms with Gasteiger partial charge in [0, 0.05) is 19.1 Å². The van der Waals surface area contributed by atoms with E-state index in [1.807, 2.05) is 6.92 Å². The van der Waals surface area contributed by atoms with Crippen LogP contribution in [0.15, 0.2) is 0 Å². The van der Waals surface area contributed by atoms with Crippen molar-refractivity contribution in [2.75, 3.05) is 33.4 Å². The zero-order valence-electron chi connectivity index (χ0n) is 14.6. The molecule has 1 aromatic rings. The summed E-state index contributed by atoms with van der Waals surface area (Å²) in [6.07, 6.45) is 2.97. The first-order chi connectivity index (χ1) is 11.5. The number of ether oxygens (including phenoxy) is 1. The van der Waals surface area contributed by atoms with Crippen LogP contribution in [0.3, 0.4) is 0 Å². The predicted molar refractivity (Wildman–Crippen MR) is 95.2 cm³/mol. The maximum atomic E-state index is 12.4. The van der Waals surface area contributed by atoms with Gasteiger partial charge in [-0.1, -0.05) is 13.3 Å². The first-order valence-corrected chi connectivity index (χ1v) is 8.22. The summed E-state index contributed by atoms with van der Waals surface area (Å²) in [6.45, 7) is 4.59. The summed E-state index contributed by atoms with van der Waals surface area (Å²) < 4.78 is 5.31. The normalized spacial score (nSPS) is 16.1. The van der Waals surface area contributed by atoms with Crippen molar-refractivity contribution in [3.63, 3.8) is 0 Å². The fourth-order valence-electron chi connectivity index (χ4n) is 3.14. The molecule has 0 saturated carbocycles. The molecule has 10 heteroatoms. The highest BCUT2D eigenvalue weighted by Gasteiger charge is 2.34. The van der Waals surface area contributed by atoms with Crippen LogP contribution in [0, 0.1) is 15.5 Å². The molecule has 1 saturated heterocycles. The monoisotopic (exact) mass is 375 g/mol. The summed E-state index contributed by atoms with van der Waals surface area (Å²) in [4.78, 5) is 23.2. The van der Waals surface area contributed by atoms with Gasteiger partial charge in [-0.05, 0) is 32.4 Å². The molecular weight excluding hydrogens is 350 g/mol. The van der Waals surface area contributed by atoms with Crippen molar-refractivity contribution >= 4 is 24.0 Å². The average Bonchev–Trinajstić information content (AvgIpc) is 2.98. The number of carbonyl (C=O) groups excluding carboxylic acids is 1. The lowest BCUT2D eigenvalue weighted by atomic mass is 9.79. The van der Waals surface area contributed by atoms with E-state index in [0.29, 0.717) is 25.3 Å². The number of aryl methyl sites for hydroxylation is 1. The number of amides is 1. The molecule has 1 aliphatic heterocycles. The number of carbonyl (C=O) groups is 1. The number of nitro groups is 1. The number of hydrogen-bond donors (Lipinski definition) is 3. The molecule has 2 rings (SSSR count). The van der Waals surface area contributed by atoms with Crippen LogP contribution in [0.25, 0.3) is 0 Å². The van der Waals surface area contributed by atoms with Gasteiger partial charge in [-0.15, -0.1) is 12.4 Å². The van der Waals surface area contributed by atoms with Gasteiger partial charge in [-0.25, -0.2) is 0 Å². The minimum absolute atomic E-state index is 0. The van der Waals surface area contributed by atoms with E-state index in [4.69, 9.17) is 4.74 Å². The van der Waals surface area contributed by atoms with Gasteiger partial charge in [0.15, 0.2) is 0 Å². The zero-order chi connectivity index (χ0) is 17.6. The Hall–Kier alpha value is -1.71. The van der Waals surface area contributed by atoms with Crippen molar-refractivity contribution in [3.8, 4) is 0 Å². The first-order valence-electron chi connectivity index (χ1n) is 8.22. The molecule has 1 aromatic heterocycles. The molecule has 1 fully saturated rings. The Morgan fingerprint density at radius 1 is 1.44 bits per heavy atom. The molecule has 2 heterocycles. The third-order valence-corrected chi connectivity index (χ3v) is 4.45. The van der Waals surface area contributed by atoms with Gasteiger partial charge in [-0.2, -0.15) is 5.10 Å². The smallest absolute Gasteiger partial charge is 0.322 e. The highest BCUT2D eigenvalue weighted by Crippen LogP contribution is 2.29. The van der Waals surface area contributed by atoms with Gasteiger partial charge in [0.05, 0.1) is 11.5 Å². The van der Waals surface area contributed by atoms with Crippen LogP contribution >= 0.6 is 12.4 Å². The fraction of sp³-hybridized carbons (Fsp3) is 0.733. The molecule has 0 unspecified atom stereocenters. The van der Waals surface area contributed by atoms with E-state index >= 15 is 0 Å². The van der Waals surface area contributed by atoms with Crippen molar-refractivity contribution in [1.82, 2.24) is 20.8 Å². The number of nitrogens with one attached hydrogen (secondary N) is 3. The second kappa shape index (κ2) is 9.69. The second-order valence-corrected chi connectivity index (χ2v) is 6.27. The first kappa shape index (κ1) is 21.3. The van der Waals surface area contributed by atoms with Crippen molar-refractivity contribution < 1.29 is 14.5 Å². The number of hydrogen-bond acceptors (Lipinski definition) is 6. The van der Waals surface area contributed by atoms with Gasteiger partial charge < -0.3 is 15.4 Å². The SMILES string of the molecule is CCCc1[nH]nc(C(=O)NCC2(COC)CCNCC2)c1[N+](=O)[O-].Cl. The Morgan fingerprint density at radius 2 is 2.12 bits per heavy atom. The molecule has 25 heavy (non-hydrogen) atoms. The number of rotatable bonds is 8. The zero-order valence-corrected chi connectivity index (χ0v) is 15.4. The standard InChI is InChI=1S/C15H25N5O4.ClH/c1-3-4-11-13(20(22)23)12(19-18-11)14(21)17-9-15(10-24-2)5-7-16-8-6-15;/h16H,3-10H2,1-2H3,(H,17,21)(H,18,19);1H. The van der Waals surface area contributed by atoms with E-state index in [-0.39, 0.29) is 29.2 Å². The van der Waals surface area contributed by atoms with Crippen LogP contribution < -0.4 is 10.6 Å². The van der Waals surface area contributed by atoms with Gasteiger partial charge in [0.1, 0.15) is 5.69 Å². The number of methoxy groups -OCH3 is 1. The van der Waals surface area contributed by atoms with E-state index in [1.165, 1.54) is 0 Å². The summed E-state index contributed by atoms with van der Waals surface area (Å²) in [7, 11) is 1.64. The Kier molecular flexibility index (Phi) is 8.27. The van der Waals surface area contributed by atoms with Crippen LogP contribution in [0.5, 0.6) is 0 Å². The number of aromatic amines is 1. The number of aromatic nitrogens is 2. The van der Waals surface area contributed by atoms with E-state index in [0.717, 1.165) is 32.4 Å². The lowest BCUT2D eigenvalue weighted by molar-refractivity contribution is -0.385. The molecule has 1 aliphatic rings. The fourth-order valence-corrected chi connectivity index (χ4v) is 3.14. The minimum Gasteiger partial charge on any atom is -0.384 e. The Labute approximate surface area is 152 Å². The maximum absolute atomic E-state index is 12.4. The lowest BCUT2D eigenvalue weighted by Gasteiger charge is -2.37. The number of nitrogens with zero attached hydrogens (tertiary/aromatic N) is 2. The molecule has 0 atom stereocenters. The van der Waals surface area contributed by atoms with Gasteiger partial charge >= 0.3 is 5.69 Å². The summed E-state index contributed by atoms with van der Waals surface area (Å²) in [5.74, 6) is -0.519. The molecule has 142 valence electrons. The van der Waals surface area contributed by atoms with E-state index < -0.39 is 10.8 Å². The van der Waals surface area contributed by atoms with Crippen LogP contribution in [0.4, 0.5) is 5.69 Å². The highest BCUT2D eigenvalue weighted by atomic mass is 35.5. The Bertz CT molecular complexity index is 581. The van der Waals surface area contributed by atoms with Gasteiger partial charge in [0.2, 0.25) is 5.69 Å². The van der Waals surface area contributed by atoms with Crippen molar-refractivity contribution in [3.05, 3.63) is 21.5 Å². The van der Waals surface area contributed by atoms with E-state index in [2.05, 4.69) is 20.8 Å². The molecule has 3 N–H and O–H groups in total. The summed E-state index contributed by atoms with van der Waals surface area (Å²) >= 11 is 0.